The van der Waals surface area contributed by atoms with Crippen LogP contribution in [0.2, 0.25) is 0 Å². The number of nitrogens with one attached hydrogen (secondary N) is 2. The summed E-state index contributed by atoms with van der Waals surface area (Å²) in [6, 6.07) is 6.49. The van der Waals surface area contributed by atoms with E-state index in [9.17, 15) is 4.79 Å². The van der Waals surface area contributed by atoms with Crippen LogP contribution < -0.4 is 10.6 Å². The molecule has 1 heterocycles. The number of rotatable bonds is 5. The summed E-state index contributed by atoms with van der Waals surface area (Å²) < 4.78 is 6.01. The van der Waals surface area contributed by atoms with Crippen molar-refractivity contribution in [3.05, 3.63) is 34.9 Å². The van der Waals surface area contributed by atoms with Crippen molar-refractivity contribution < 1.29 is 9.53 Å². The van der Waals surface area contributed by atoms with Crippen molar-refractivity contribution in [1.82, 2.24) is 15.5 Å². The van der Waals surface area contributed by atoms with Crippen LogP contribution in [-0.2, 0) is 9.53 Å². The van der Waals surface area contributed by atoms with Crippen LogP contribution in [0, 0.1) is 19.8 Å². The highest BCUT2D eigenvalue weighted by Crippen LogP contribution is 2.25. The molecule has 1 aromatic carbocycles. The zero-order chi connectivity index (χ0) is 19.1. The SMILES string of the molecule is CN=C(NCCNC(=O)C(C)C)N1CCOC(c2ccc(C)cc2C)C1. The number of benzene rings is 1. The Kier molecular flexibility index (Phi) is 7.45. The molecule has 1 atom stereocenters. The van der Waals surface area contributed by atoms with Crippen molar-refractivity contribution in [3.63, 3.8) is 0 Å². The van der Waals surface area contributed by atoms with Crippen LogP contribution in [0.15, 0.2) is 23.2 Å². The quantitative estimate of drug-likeness (QED) is 0.479. The fourth-order valence-corrected chi connectivity index (χ4v) is 3.11. The van der Waals surface area contributed by atoms with E-state index in [1.54, 1.807) is 7.05 Å². The van der Waals surface area contributed by atoms with Gasteiger partial charge in [0.25, 0.3) is 0 Å². The number of nitrogens with zero attached hydrogens (tertiary/aromatic N) is 2. The number of carbonyl (C=O) groups excluding carboxylic acids is 1. The number of hydrogen-bond acceptors (Lipinski definition) is 3. The number of guanidine groups is 1. The van der Waals surface area contributed by atoms with E-state index >= 15 is 0 Å². The van der Waals surface area contributed by atoms with Crippen LogP contribution in [0.5, 0.6) is 0 Å². The molecule has 0 radical (unpaired) electrons. The van der Waals surface area contributed by atoms with Gasteiger partial charge in [-0.3, -0.25) is 9.79 Å². The zero-order valence-electron chi connectivity index (χ0n) is 16.6. The maximum atomic E-state index is 11.6. The van der Waals surface area contributed by atoms with Gasteiger partial charge >= 0.3 is 0 Å². The summed E-state index contributed by atoms with van der Waals surface area (Å²) in [5.41, 5.74) is 3.76. The zero-order valence-corrected chi connectivity index (χ0v) is 16.6. The average Bonchev–Trinajstić information content (AvgIpc) is 2.61. The molecule has 26 heavy (non-hydrogen) atoms. The van der Waals surface area contributed by atoms with E-state index in [4.69, 9.17) is 4.74 Å². The molecule has 0 bridgehead atoms. The molecule has 6 nitrogen and oxygen atoms in total. The van der Waals surface area contributed by atoms with E-state index in [1.165, 1.54) is 16.7 Å². The lowest BCUT2D eigenvalue weighted by atomic mass is 10.00. The molecule has 6 heteroatoms. The number of ether oxygens (including phenoxy) is 1. The molecule has 1 fully saturated rings. The van der Waals surface area contributed by atoms with Gasteiger partial charge in [-0.25, -0.2) is 0 Å². The Morgan fingerprint density at radius 3 is 2.69 bits per heavy atom. The van der Waals surface area contributed by atoms with Crippen LogP contribution in [0.3, 0.4) is 0 Å². The third-order valence-corrected chi connectivity index (χ3v) is 4.58. The van der Waals surface area contributed by atoms with Crippen LogP contribution in [-0.4, -0.2) is 56.6 Å². The molecule has 1 aliphatic heterocycles. The van der Waals surface area contributed by atoms with Gasteiger partial charge < -0.3 is 20.3 Å². The van der Waals surface area contributed by atoms with Crippen molar-refractivity contribution >= 4 is 11.9 Å². The van der Waals surface area contributed by atoms with E-state index in [0.29, 0.717) is 19.7 Å². The second-order valence-corrected chi connectivity index (χ2v) is 7.09. The summed E-state index contributed by atoms with van der Waals surface area (Å²) in [7, 11) is 1.79. The predicted octanol–water partition coefficient (Wildman–Crippen LogP) is 2.02. The third kappa shape index (κ3) is 5.46. The standard InChI is InChI=1S/C20H32N4O2/c1-14(2)19(25)22-8-9-23-20(21-5)24-10-11-26-18(13-24)17-7-6-15(3)12-16(17)4/h6-7,12,14,18H,8-11,13H2,1-5H3,(H,21,23)(H,22,25). The molecule has 0 aliphatic carbocycles. The second kappa shape index (κ2) is 9.57. The van der Waals surface area contributed by atoms with Gasteiger partial charge in [0.05, 0.1) is 13.2 Å². The van der Waals surface area contributed by atoms with Crippen LogP contribution in [0.25, 0.3) is 0 Å². The predicted molar refractivity (Wildman–Crippen MR) is 105 cm³/mol. The molecule has 1 aromatic rings. The summed E-state index contributed by atoms with van der Waals surface area (Å²) >= 11 is 0. The number of carbonyl (C=O) groups is 1. The summed E-state index contributed by atoms with van der Waals surface area (Å²) in [6.45, 7) is 11.5. The van der Waals surface area contributed by atoms with Crippen LogP contribution in [0.4, 0.5) is 0 Å². The highest BCUT2D eigenvalue weighted by molar-refractivity contribution is 5.80. The Labute approximate surface area is 157 Å². The topological polar surface area (TPSA) is 66.0 Å². The second-order valence-electron chi connectivity index (χ2n) is 7.09. The molecule has 1 aliphatic rings. The van der Waals surface area contributed by atoms with Gasteiger partial charge in [0.2, 0.25) is 5.91 Å². The summed E-state index contributed by atoms with van der Waals surface area (Å²) in [6.07, 6.45) is 0.0449. The number of morpholine rings is 1. The smallest absolute Gasteiger partial charge is 0.222 e. The average molecular weight is 361 g/mol. The van der Waals surface area contributed by atoms with Crippen molar-refractivity contribution in [2.24, 2.45) is 10.9 Å². The summed E-state index contributed by atoms with van der Waals surface area (Å²) in [5, 5.41) is 6.25. The Morgan fingerprint density at radius 1 is 1.31 bits per heavy atom. The van der Waals surface area contributed by atoms with Crippen molar-refractivity contribution in [2.75, 3.05) is 39.8 Å². The van der Waals surface area contributed by atoms with Crippen LogP contribution >= 0.6 is 0 Å². The summed E-state index contributed by atoms with van der Waals surface area (Å²) in [5.74, 6) is 0.928. The van der Waals surface area contributed by atoms with E-state index in [1.807, 2.05) is 13.8 Å². The van der Waals surface area contributed by atoms with E-state index in [2.05, 4.69) is 52.6 Å². The van der Waals surface area contributed by atoms with Gasteiger partial charge in [-0.1, -0.05) is 37.6 Å². The lowest BCUT2D eigenvalue weighted by Crippen LogP contribution is -2.49. The van der Waals surface area contributed by atoms with Gasteiger partial charge in [-0.15, -0.1) is 0 Å². The monoisotopic (exact) mass is 360 g/mol. The van der Waals surface area contributed by atoms with Crippen molar-refractivity contribution in [1.29, 1.82) is 0 Å². The molecule has 0 spiro atoms. The normalized spacial score (nSPS) is 18.2. The fraction of sp³-hybridized carbons (Fsp3) is 0.600. The number of hydrogen-bond donors (Lipinski definition) is 2. The van der Waals surface area contributed by atoms with Crippen molar-refractivity contribution in [2.45, 2.75) is 33.8 Å². The minimum Gasteiger partial charge on any atom is -0.370 e. The van der Waals surface area contributed by atoms with Gasteiger partial charge in [0, 0.05) is 32.6 Å². The molecule has 0 saturated carbocycles. The number of aryl methyl sites for hydroxylation is 2. The Balaban J connectivity index is 1.91. The maximum absolute atomic E-state index is 11.6. The molecule has 2 rings (SSSR count). The molecule has 1 saturated heterocycles. The lowest BCUT2D eigenvalue weighted by Gasteiger charge is -2.35. The largest absolute Gasteiger partial charge is 0.370 e. The maximum Gasteiger partial charge on any atom is 0.222 e. The lowest BCUT2D eigenvalue weighted by molar-refractivity contribution is -0.123. The Hall–Kier alpha value is -2.08. The molecule has 144 valence electrons. The first-order valence-electron chi connectivity index (χ1n) is 9.34. The van der Waals surface area contributed by atoms with Gasteiger partial charge in [0.15, 0.2) is 5.96 Å². The fourth-order valence-electron chi connectivity index (χ4n) is 3.11. The van der Waals surface area contributed by atoms with E-state index in [-0.39, 0.29) is 17.9 Å². The molecule has 0 aromatic heterocycles. The molecular formula is C20H32N4O2. The van der Waals surface area contributed by atoms with Crippen molar-refractivity contribution in [3.8, 4) is 0 Å². The van der Waals surface area contributed by atoms with E-state index in [0.717, 1.165) is 19.0 Å². The Bertz CT molecular complexity index is 643. The number of amides is 1. The summed E-state index contributed by atoms with van der Waals surface area (Å²) in [4.78, 5) is 18.2. The molecule has 1 unspecified atom stereocenters. The van der Waals surface area contributed by atoms with Crippen LogP contribution in [0.1, 0.15) is 36.6 Å². The Morgan fingerprint density at radius 2 is 2.04 bits per heavy atom. The highest BCUT2D eigenvalue weighted by atomic mass is 16.5. The highest BCUT2D eigenvalue weighted by Gasteiger charge is 2.25. The first kappa shape index (κ1) is 20.2. The first-order valence-corrected chi connectivity index (χ1v) is 9.34. The minimum absolute atomic E-state index is 0.00654. The first-order chi connectivity index (χ1) is 12.4. The molecule has 2 N–H and O–H groups in total. The van der Waals surface area contributed by atoms with Gasteiger partial charge in [-0.05, 0) is 25.0 Å². The minimum atomic E-state index is 0.00654. The van der Waals surface area contributed by atoms with Gasteiger partial charge in [0.1, 0.15) is 6.10 Å². The third-order valence-electron chi connectivity index (χ3n) is 4.58. The van der Waals surface area contributed by atoms with E-state index < -0.39 is 0 Å². The molecular weight excluding hydrogens is 328 g/mol. The number of aliphatic imine (C=N–C) groups is 1. The van der Waals surface area contributed by atoms with Gasteiger partial charge in [-0.2, -0.15) is 0 Å². The molecule has 1 amide bonds.